The van der Waals surface area contributed by atoms with Crippen LogP contribution in [0.2, 0.25) is 0 Å². The Kier molecular flexibility index (Phi) is 6.25. The molecule has 1 N–H and O–H groups in total. The predicted octanol–water partition coefficient (Wildman–Crippen LogP) is 3.56. The molecule has 3 aromatic rings. The van der Waals surface area contributed by atoms with Crippen molar-refractivity contribution in [2.75, 3.05) is 6.54 Å². The third-order valence-corrected chi connectivity index (χ3v) is 3.86. The molecule has 0 radical (unpaired) electrons. The Bertz CT molecular complexity index is 951. The van der Waals surface area contributed by atoms with Crippen molar-refractivity contribution in [2.24, 2.45) is 0 Å². The summed E-state index contributed by atoms with van der Waals surface area (Å²) in [6, 6.07) is 5.68. The first kappa shape index (κ1) is 20.5. The van der Waals surface area contributed by atoms with Crippen LogP contribution < -0.4 is 5.32 Å². The van der Waals surface area contributed by atoms with Crippen LogP contribution in [0.15, 0.2) is 39.5 Å². The average Bonchev–Trinajstić information content (AvgIpc) is 3.33. The van der Waals surface area contributed by atoms with Gasteiger partial charge in [0, 0.05) is 31.4 Å². The zero-order chi connectivity index (χ0) is 20.9. The zero-order valence-electron chi connectivity index (χ0n) is 15.0. The first-order valence-electron chi connectivity index (χ1n) is 8.68. The highest BCUT2D eigenvalue weighted by molar-refractivity contribution is 5.76. The second kappa shape index (κ2) is 8.84. The van der Waals surface area contributed by atoms with Gasteiger partial charge in [-0.25, -0.2) is 9.37 Å². The average molecular weight is 412 g/mol. The molecule has 3 rings (SSSR count). The van der Waals surface area contributed by atoms with Gasteiger partial charge in [0.2, 0.25) is 11.8 Å². The minimum atomic E-state index is -4.67. The van der Waals surface area contributed by atoms with Crippen LogP contribution in [0.1, 0.15) is 30.3 Å². The van der Waals surface area contributed by atoms with Gasteiger partial charge in [-0.3, -0.25) is 4.79 Å². The van der Waals surface area contributed by atoms with Crippen LogP contribution >= 0.6 is 0 Å². The van der Waals surface area contributed by atoms with Gasteiger partial charge in [-0.2, -0.15) is 18.2 Å². The Morgan fingerprint density at radius 3 is 2.55 bits per heavy atom. The number of rotatable bonds is 8. The fraction of sp³-hybridized carbons (Fsp3) is 0.333. The van der Waals surface area contributed by atoms with Gasteiger partial charge in [0.25, 0.3) is 0 Å². The van der Waals surface area contributed by atoms with Crippen LogP contribution in [0.4, 0.5) is 17.6 Å². The lowest BCUT2D eigenvalue weighted by Gasteiger charge is -2.03. The maximum Gasteiger partial charge on any atom is 0.471 e. The highest BCUT2D eigenvalue weighted by atomic mass is 19.4. The smallest absolute Gasteiger partial charge is 0.444 e. The van der Waals surface area contributed by atoms with Gasteiger partial charge in [-0.1, -0.05) is 5.16 Å². The molecule has 1 aromatic carbocycles. The molecule has 0 bridgehead atoms. The van der Waals surface area contributed by atoms with E-state index in [1.807, 2.05) is 0 Å². The largest absolute Gasteiger partial charge is 0.471 e. The number of aromatic nitrogens is 3. The highest BCUT2D eigenvalue weighted by Gasteiger charge is 2.38. The summed E-state index contributed by atoms with van der Waals surface area (Å²) < 4.78 is 59.5. The summed E-state index contributed by atoms with van der Waals surface area (Å²) in [5, 5.41) is 5.91. The number of benzene rings is 1. The topological polar surface area (TPSA) is 94.1 Å². The van der Waals surface area contributed by atoms with Crippen LogP contribution in [-0.4, -0.2) is 27.6 Å². The summed E-state index contributed by atoms with van der Waals surface area (Å²) >= 11 is 0. The van der Waals surface area contributed by atoms with E-state index in [4.69, 9.17) is 4.42 Å². The zero-order valence-corrected chi connectivity index (χ0v) is 15.0. The van der Waals surface area contributed by atoms with E-state index in [0.29, 0.717) is 30.0 Å². The highest BCUT2D eigenvalue weighted by Crippen LogP contribution is 2.27. The van der Waals surface area contributed by atoms with Crippen molar-refractivity contribution < 1.29 is 31.3 Å². The summed E-state index contributed by atoms with van der Waals surface area (Å²) in [5.41, 5.74) is 1.20. The molecule has 0 saturated carbocycles. The summed E-state index contributed by atoms with van der Waals surface area (Å²) in [6.07, 6.45) is -2.23. The molecular weight excluding hydrogens is 396 g/mol. The van der Waals surface area contributed by atoms with Gasteiger partial charge in [-0.05, 0) is 30.7 Å². The van der Waals surface area contributed by atoms with Gasteiger partial charge in [-0.15, -0.1) is 0 Å². The number of oxazole rings is 1. The first-order chi connectivity index (χ1) is 13.8. The van der Waals surface area contributed by atoms with E-state index >= 15 is 0 Å². The molecule has 29 heavy (non-hydrogen) atoms. The van der Waals surface area contributed by atoms with Crippen molar-refractivity contribution in [2.45, 2.75) is 31.9 Å². The lowest BCUT2D eigenvalue weighted by Crippen LogP contribution is -2.25. The number of aryl methyl sites for hydroxylation is 2. The molecule has 1 amide bonds. The van der Waals surface area contributed by atoms with Gasteiger partial charge < -0.3 is 14.3 Å². The van der Waals surface area contributed by atoms with E-state index in [1.165, 1.54) is 18.4 Å². The molecule has 154 valence electrons. The number of amides is 1. The summed E-state index contributed by atoms with van der Waals surface area (Å²) in [6.45, 7) is 0.258. The van der Waals surface area contributed by atoms with Gasteiger partial charge >= 0.3 is 12.1 Å². The number of alkyl halides is 3. The van der Waals surface area contributed by atoms with E-state index in [9.17, 15) is 22.4 Å². The van der Waals surface area contributed by atoms with Crippen molar-refractivity contribution in [3.05, 3.63) is 53.8 Å². The van der Waals surface area contributed by atoms with Crippen LogP contribution in [0.3, 0.4) is 0 Å². The predicted molar refractivity (Wildman–Crippen MR) is 90.8 cm³/mol. The molecule has 0 unspecified atom stereocenters. The Morgan fingerprint density at radius 1 is 1.10 bits per heavy atom. The molecule has 0 spiro atoms. The number of nitrogens with one attached hydrogen (secondary N) is 1. The third kappa shape index (κ3) is 5.87. The van der Waals surface area contributed by atoms with Crippen molar-refractivity contribution in [3.63, 3.8) is 0 Å². The fourth-order valence-corrected chi connectivity index (χ4v) is 2.42. The minimum absolute atomic E-state index is 0.0671. The molecule has 0 aliphatic carbocycles. The number of hydrogen-bond donors (Lipinski definition) is 1. The molecule has 0 aliphatic heterocycles. The first-order valence-corrected chi connectivity index (χ1v) is 8.68. The molecule has 0 saturated heterocycles. The molecule has 2 aromatic heterocycles. The maximum absolute atomic E-state index is 12.9. The van der Waals surface area contributed by atoms with E-state index in [2.05, 4.69) is 25.0 Å². The fourth-order valence-electron chi connectivity index (χ4n) is 2.42. The van der Waals surface area contributed by atoms with Gasteiger partial charge in [0.15, 0.2) is 5.82 Å². The summed E-state index contributed by atoms with van der Waals surface area (Å²) in [5.74, 6) is -1.72. The molecule has 0 aliphatic rings. The molecule has 0 fully saturated rings. The number of carbonyl (C=O) groups is 1. The van der Waals surface area contributed by atoms with Crippen LogP contribution in [0, 0.1) is 5.82 Å². The molecule has 7 nitrogen and oxygen atoms in total. The quantitative estimate of drug-likeness (QED) is 0.449. The van der Waals surface area contributed by atoms with Crippen LogP contribution in [0.5, 0.6) is 0 Å². The second-order valence-electron chi connectivity index (χ2n) is 6.12. The van der Waals surface area contributed by atoms with Crippen molar-refractivity contribution in [1.82, 2.24) is 20.4 Å². The second-order valence-corrected chi connectivity index (χ2v) is 6.12. The van der Waals surface area contributed by atoms with E-state index in [0.717, 1.165) is 0 Å². The SMILES string of the molecule is O=C(CCc1coc(-c2ccc(F)cc2)n1)NCCCc1noc(C(F)(F)F)n1. The van der Waals surface area contributed by atoms with Crippen molar-refractivity contribution in [3.8, 4) is 11.5 Å². The standard InChI is InChI=1S/C18H16F4N4O3/c19-12-5-3-11(4-6-12)16-24-13(10-28-16)7-8-15(27)23-9-1-2-14-25-17(29-26-14)18(20,21)22/h3-6,10H,1-2,7-9H2,(H,23,27). The van der Waals surface area contributed by atoms with Gasteiger partial charge in [0.1, 0.15) is 12.1 Å². The summed E-state index contributed by atoms with van der Waals surface area (Å²) in [4.78, 5) is 19.4. The lowest BCUT2D eigenvalue weighted by molar-refractivity contribution is -0.159. The Morgan fingerprint density at radius 2 is 1.86 bits per heavy atom. The molecule has 11 heteroatoms. The molecule has 2 heterocycles. The Labute approximate surface area is 162 Å². The number of hydrogen-bond acceptors (Lipinski definition) is 6. The van der Waals surface area contributed by atoms with Gasteiger partial charge in [0.05, 0.1) is 5.69 Å². The monoisotopic (exact) mass is 412 g/mol. The normalized spacial score (nSPS) is 11.6. The number of halogens is 4. The Hall–Kier alpha value is -3.24. The maximum atomic E-state index is 12.9. The van der Waals surface area contributed by atoms with E-state index in [-0.39, 0.29) is 36.9 Å². The number of carbonyl (C=O) groups excluding carboxylic acids is 1. The van der Waals surface area contributed by atoms with Crippen molar-refractivity contribution >= 4 is 5.91 Å². The van der Waals surface area contributed by atoms with Crippen LogP contribution in [-0.2, 0) is 23.8 Å². The number of nitrogens with zero attached hydrogens (tertiary/aromatic N) is 3. The Balaban J connectivity index is 1.37. The van der Waals surface area contributed by atoms with E-state index in [1.54, 1.807) is 12.1 Å². The third-order valence-electron chi connectivity index (χ3n) is 3.86. The van der Waals surface area contributed by atoms with E-state index < -0.39 is 12.1 Å². The van der Waals surface area contributed by atoms with Crippen LogP contribution in [0.25, 0.3) is 11.5 Å². The lowest BCUT2D eigenvalue weighted by atomic mass is 10.2. The molecular formula is C18H16F4N4O3. The molecule has 0 atom stereocenters. The van der Waals surface area contributed by atoms with Crippen molar-refractivity contribution in [1.29, 1.82) is 0 Å². The summed E-state index contributed by atoms with van der Waals surface area (Å²) in [7, 11) is 0. The minimum Gasteiger partial charge on any atom is -0.444 e.